The first kappa shape index (κ1) is 72.3. The van der Waals surface area contributed by atoms with E-state index in [1.165, 1.54) is 28.2 Å². The number of thiazole rings is 1. The van der Waals surface area contributed by atoms with Crippen molar-refractivity contribution in [1.29, 1.82) is 0 Å². The van der Waals surface area contributed by atoms with Crippen molar-refractivity contribution in [2.45, 2.75) is 147 Å². The normalized spacial score (nSPS) is 20.2. The number of carbonyl (C=O) groups is 5. The van der Waals surface area contributed by atoms with Gasteiger partial charge in [0.1, 0.15) is 12.1 Å². The Morgan fingerprint density at radius 3 is 2.17 bits per heavy atom. The summed E-state index contributed by atoms with van der Waals surface area (Å²) in [5.74, 6) is -2.17. The fraction of sp³-hybridized carbons (Fsp3) is 0.514. The van der Waals surface area contributed by atoms with Crippen LogP contribution in [0.5, 0.6) is 0 Å². The standard InChI is InChI=1S/C70H90ClF3N10O9S2/c1-8-54(26-28-81-33-35-93-36-34-81)79-58-22-9-47(37-60(58)95(91,92)70(72,73)74)40-75-65(88)51-16-20-55(21-17-51)83-31-29-82(30-32-83)41-52-39-69(7,27-25-57(52)49-14-18-53(71)19-15-49)43-76-61(86)23-24-62(87)80-64(68(4,5)6)67(90)84-42-56(85)38-59(84)66(89)78-45(2)48-10-12-50(13-11-48)63-46(3)77-44-94-63/h9-22,37,44-45,54,56,59,64,79,85H,8,23-36,38-43H2,1-7H3,(H,75,88)(H,76,86)(H,78,89)(H,80,87)/t45-,54-,56+,59-,64+,69?/m0/s1. The van der Waals surface area contributed by atoms with Crippen LogP contribution < -0.4 is 31.5 Å². The van der Waals surface area contributed by atoms with Crippen LogP contribution >= 0.6 is 22.9 Å². The van der Waals surface area contributed by atoms with Gasteiger partial charge in [0.25, 0.3) is 15.7 Å². The molecular formula is C70H90ClF3N10O9S2. The number of aliphatic hydroxyl groups is 1. The van der Waals surface area contributed by atoms with Crippen molar-refractivity contribution in [2.75, 3.05) is 88.9 Å². The van der Waals surface area contributed by atoms with Crippen LogP contribution in [0.2, 0.25) is 5.02 Å². The van der Waals surface area contributed by atoms with E-state index in [1.807, 2.05) is 102 Å². The second kappa shape index (κ2) is 31.5. The number of rotatable bonds is 25. The third-order valence-electron chi connectivity index (χ3n) is 18.7. The number of anilines is 2. The van der Waals surface area contributed by atoms with Gasteiger partial charge in [0.2, 0.25) is 23.6 Å². The predicted octanol–water partition coefficient (Wildman–Crippen LogP) is 9.94. The molecule has 6 atom stereocenters. The molecule has 1 unspecified atom stereocenters. The average Bonchev–Trinajstić information content (AvgIpc) is 1.55. The summed E-state index contributed by atoms with van der Waals surface area (Å²) < 4.78 is 73.4. The largest absolute Gasteiger partial charge is 0.501 e. The lowest BCUT2D eigenvalue weighted by Crippen LogP contribution is -2.57. The third kappa shape index (κ3) is 18.8. The minimum absolute atomic E-state index is 0.0442. The Balaban J connectivity index is 0.753. The number of aromatic nitrogens is 1. The minimum atomic E-state index is -5.74. The molecule has 0 radical (unpaired) electrons. The zero-order valence-corrected chi connectivity index (χ0v) is 57.6. The summed E-state index contributed by atoms with van der Waals surface area (Å²) in [6.45, 7) is 20.4. The first-order valence-corrected chi connectivity index (χ1v) is 35.5. The summed E-state index contributed by atoms with van der Waals surface area (Å²) in [5, 5.41) is 26.3. The minimum Gasteiger partial charge on any atom is -0.391 e. The number of hydrogen-bond acceptors (Lipinski definition) is 15. The molecule has 1 aliphatic carbocycles. The van der Waals surface area contributed by atoms with E-state index in [0.717, 1.165) is 78.0 Å². The van der Waals surface area contributed by atoms with Gasteiger partial charge >= 0.3 is 5.51 Å². The predicted molar refractivity (Wildman–Crippen MR) is 364 cm³/mol. The molecule has 3 saturated heterocycles. The Bertz CT molecular complexity index is 3650. The number of benzene rings is 4. The molecule has 1 aromatic heterocycles. The van der Waals surface area contributed by atoms with Crippen molar-refractivity contribution in [1.82, 2.24) is 41.0 Å². The zero-order chi connectivity index (χ0) is 68.4. The Morgan fingerprint density at radius 2 is 1.53 bits per heavy atom. The first-order valence-electron chi connectivity index (χ1n) is 32.8. The van der Waals surface area contributed by atoms with E-state index in [1.54, 1.807) is 29.0 Å². The molecule has 0 spiro atoms. The molecule has 4 aliphatic rings. The van der Waals surface area contributed by atoms with Gasteiger partial charge in [-0.2, -0.15) is 13.2 Å². The number of carbonyl (C=O) groups excluding carboxylic acids is 5. The number of nitrogens with zero attached hydrogens (tertiary/aromatic N) is 5. The summed E-state index contributed by atoms with van der Waals surface area (Å²) in [6, 6.07) is 23.9. The molecule has 6 N–H and O–H groups in total. The number of sulfone groups is 1. The third-order valence-corrected chi connectivity index (χ3v) is 21.5. The molecule has 0 bridgehead atoms. The van der Waals surface area contributed by atoms with Crippen LogP contribution in [0.25, 0.3) is 16.0 Å². The number of likely N-dealkylation sites (tertiary alicyclic amines) is 1. The highest BCUT2D eigenvalue weighted by molar-refractivity contribution is 7.92. The number of alkyl halides is 3. The molecule has 95 heavy (non-hydrogen) atoms. The molecule has 4 aromatic carbocycles. The van der Waals surface area contributed by atoms with Gasteiger partial charge in [-0.15, -0.1) is 11.3 Å². The quantitative estimate of drug-likeness (QED) is 0.0319. The monoisotopic (exact) mass is 1370 g/mol. The van der Waals surface area contributed by atoms with Crippen LogP contribution in [0.3, 0.4) is 0 Å². The summed E-state index contributed by atoms with van der Waals surface area (Å²) in [4.78, 5) is 81.7. The number of halogens is 4. The summed E-state index contributed by atoms with van der Waals surface area (Å²) >= 11 is 7.90. The van der Waals surface area contributed by atoms with Crippen LogP contribution in [0.1, 0.15) is 132 Å². The van der Waals surface area contributed by atoms with Crippen molar-refractivity contribution < 1.29 is 55.4 Å². The first-order chi connectivity index (χ1) is 45.1. The second-order valence-electron chi connectivity index (χ2n) is 27.0. The van der Waals surface area contributed by atoms with E-state index in [-0.39, 0.29) is 61.0 Å². The maximum Gasteiger partial charge on any atom is 0.501 e. The van der Waals surface area contributed by atoms with Crippen LogP contribution in [-0.4, -0.2) is 171 Å². The number of β-amino-alcohol motifs (C(OH)–C–C–N with tert-alkyl or cyclic N) is 1. The van der Waals surface area contributed by atoms with E-state index in [2.05, 4.69) is 53.2 Å². The number of amides is 5. The summed E-state index contributed by atoms with van der Waals surface area (Å²) in [6.07, 6.45) is 2.24. The van der Waals surface area contributed by atoms with Crippen LogP contribution in [0.15, 0.2) is 107 Å². The molecule has 514 valence electrons. The van der Waals surface area contributed by atoms with Crippen molar-refractivity contribution in [3.63, 3.8) is 0 Å². The van der Waals surface area contributed by atoms with Crippen molar-refractivity contribution in [3.8, 4) is 10.4 Å². The lowest BCUT2D eigenvalue weighted by molar-refractivity contribution is -0.144. The number of aryl methyl sites for hydroxylation is 1. The number of ether oxygens (including phenoxy) is 1. The average molecular weight is 1370 g/mol. The number of hydrogen-bond donors (Lipinski definition) is 6. The fourth-order valence-electron chi connectivity index (χ4n) is 12.9. The van der Waals surface area contributed by atoms with Gasteiger partial charge in [0, 0.05) is 114 Å². The number of nitrogens with one attached hydrogen (secondary N) is 5. The number of morpholine rings is 1. The molecular weight excluding hydrogens is 1280 g/mol. The van der Waals surface area contributed by atoms with Gasteiger partial charge in [-0.1, -0.05) is 94.3 Å². The number of piperazine rings is 1. The SMILES string of the molecule is CC[C@@H](CCN1CCOCC1)Nc1ccc(CNC(=O)c2ccc(N3CCN(CC4=C(c5ccc(Cl)cc5)CCC(C)(CNC(=O)CCC(=O)N[C@H](C(=O)N5C[C@H](O)C[C@H]5C(=O)N[C@@H](C)c5ccc(-c6scnc6C)cc5)C(C)(C)C)C4)CC3)cc2)cc1S(=O)(=O)C(F)(F)F. The molecule has 9 rings (SSSR count). The fourth-order valence-corrected chi connectivity index (χ4v) is 14.8. The zero-order valence-electron chi connectivity index (χ0n) is 55.3. The highest BCUT2D eigenvalue weighted by Crippen LogP contribution is 2.44. The van der Waals surface area contributed by atoms with E-state index >= 15 is 0 Å². The Morgan fingerprint density at radius 1 is 0.853 bits per heavy atom. The van der Waals surface area contributed by atoms with Gasteiger partial charge in [-0.05, 0) is 133 Å². The van der Waals surface area contributed by atoms with E-state index in [4.69, 9.17) is 16.3 Å². The summed E-state index contributed by atoms with van der Waals surface area (Å²) in [7, 11) is -5.74. The smallest absolute Gasteiger partial charge is 0.391 e. The van der Waals surface area contributed by atoms with Crippen LogP contribution in [0.4, 0.5) is 24.5 Å². The maximum absolute atomic E-state index is 14.4. The van der Waals surface area contributed by atoms with E-state index in [0.29, 0.717) is 75.8 Å². The molecule has 3 aliphatic heterocycles. The highest BCUT2D eigenvalue weighted by Gasteiger charge is 2.49. The van der Waals surface area contributed by atoms with Gasteiger partial charge in [-0.25, -0.2) is 13.4 Å². The molecule has 5 amide bonds. The topological polar surface area (TPSA) is 235 Å². The maximum atomic E-state index is 14.4. The second-order valence-corrected chi connectivity index (χ2v) is 30.2. The van der Waals surface area contributed by atoms with Crippen molar-refractivity contribution in [2.24, 2.45) is 10.8 Å². The van der Waals surface area contributed by atoms with Gasteiger partial charge in [0.05, 0.1) is 52.0 Å². The molecule has 4 heterocycles. The Kier molecular flexibility index (Phi) is 24.0. The highest BCUT2D eigenvalue weighted by atomic mass is 35.5. The Hall–Kier alpha value is -6.93. The van der Waals surface area contributed by atoms with Crippen molar-refractivity contribution >= 4 is 79.3 Å². The number of aliphatic hydroxyl groups excluding tert-OH is 1. The van der Waals surface area contributed by atoms with Gasteiger partial charge < -0.3 is 46.2 Å². The van der Waals surface area contributed by atoms with Crippen LogP contribution in [0, 0.1) is 17.8 Å². The molecule has 25 heteroatoms. The molecule has 0 saturated carbocycles. The van der Waals surface area contributed by atoms with Crippen molar-refractivity contribution in [3.05, 3.63) is 135 Å². The van der Waals surface area contributed by atoms with E-state index in [9.17, 15) is 50.7 Å². The van der Waals surface area contributed by atoms with Crippen LogP contribution in [-0.2, 0) is 40.3 Å². The molecule has 3 fully saturated rings. The Labute approximate surface area is 564 Å². The van der Waals surface area contributed by atoms with Gasteiger partial charge in [0.15, 0.2) is 0 Å². The van der Waals surface area contributed by atoms with E-state index < -0.39 is 73.5 Å². The number of allylic oxidation sites excluding steroid dienone is 1. The summed E-state index contributed by atoms with van der Waals surface area (Å²) in [5.41, 5.74) is 2.87. The molecule has 19 nitrogen and oxygen atoms in total. The van der Waals surface area contributed by atoms with Gasteiger partial charge in [-0.3, -0.25) is 33.8 Å². The lowest BCUT2D eigenvalue weighted by atomic mass is 9.71. The molecule has 5 aromatic rings. The lowest BCUT2D eigenvalue weighted by Gasteiger charge is -2.41.